The Kier molecular flexibility index (Phi) is 2.44. The van der Waals surface area contributed by atoms with Crippen LogP contribution in [0.2, 0.25) is 0 Å². The summed E-state index contributed by atoms with van der Waals surface area (Å²) in [6, 6.07) is 13.0. The number of fused-ring (bicyclic) bond motifs is 2. The summed E-state index contributed by atoms with van der Waals surface area (Å²) in [6.45, 7) is 7.30. The molecule has 2 heterocycles. The average molecular weight is 278 g/mol. The zero-order valence-corrected chi connectivity index (χ0v) is 12.1. The largest absolute Gasteiger partial charge is 0.337 e. The Morgan fingerprint density at radius 3 is 3.00 bits per heavy atom. The topological polar surface area (TPSA) is 16.1 Å². The van der Waals surface area contributed by atoms with Crippen LogP contribution in [0.4, 0.5) is 5.69 Å². The van der Waals surface area contributed by atoms with Crippen LogP contribution in [0.15, 0.2) is 48.5 Å². The number of hydrogen-bond donors (Lipinski definition) is 0. The van der Waals surface area contributed by atoms with Crippen molar-refractivity contribution >= 4 is 32.9 Å². The molecule has 0 aliphatic carbocycles. The first-order chi connectivity index (χ1) is 9.72. The summed E-state index contributed by atoms with van der Waals surface area (Å²) in [6.07, 6.45) is 0. The van der Waals surface area contributed by atoms with Gasteiger partial charge in [0, 0.05) is 23.5 Å². The molecule has 4 rings (SSSR count). The third-order valence-electron chi connectivity index (χ3n) is 3.86. The molecule has 3 heteroatoms. The van der Waals surface area contributed by atoms with Crippen molar-refractivity contribution in [3.05, 3.63) is 65.2 Å². The van der Waals surface area contributed by atoms with Crippen molar-refractivity contribution in [3.63, 3.8) is 0 Å². The lowest BCUT2D eigenvalue weighted by molar-refractivity contribution is 1.04. The van der Waals surface area contributed by atoms with E-state index in [-0.39, 0.29) is 0 Å². The van der Waals surface area contributed by atoms with E-state index in [1.807, 2.05) is 5.51 Å². The Morgan fingerprint density at radius 1 is 1.20 bits per heavy atom. The van der Waals surface area contributed by atoms with E-state index in [2.05, 4.69) is 59.8 Å². The molecule has 2 aromatic carbocycles. The monoisotopic (exact) mass is 278 g/mol. The molecule has 0 atom stereocenters. The highest BCUT2D eigenvalue weighted by Gasteiger charge is 2.23. The van der Waals surface area contributed by atoms with Gasteiger partial charge < -0.3 is 4.90 Å². The van der Waals surface area contributed by atoms with Gasteiger partial charge in [0.2, 0.25) is 0 Å². The minimum Gasteiger partial charge on any atom is -0.337 e. The van der Waals surface area contributed by atoms with Crippen LogP contribution in [-0.4, -0.2) is 4.98 Å². The molecule has 1 aliphatic heterocycles. The summed E-state index contributed by atoms with van der Waals surface area (Å²) in [5.74, 6) is 0. The number of aromatic nitrogens is 1. The predicted molar refractivity (Wildman–Crippen MR) is 86.0 cm³/mol. The lowest BCUT2D eigenvalue weighted by Gasteiger charge is -2.19. The zero-order valence-electron chi connectivity index (χ0n) is 11.3. The highest BCUT2D eigenvalue weighted by molar-refractivity contribution is 7.16. The molecule has 2 nitrogen and oxygen atoms in total. The van der Waals surface area contributed by atoms with Gasteiger partial charge in [-0.3, -0.25) is 0 Å². The molecule has 1 aliphatic rings. The first-order valence-corrected chi connectivity index (χ1v) is 7.50. The molecule has 0 saturated heterocycles. The number of hydrogen-bond acceptors (Lipinski definition) is 3. The maximum absolute atomic E-state index is 4.33. The van der Waals surface area contributed by atoms with Gasteiger partial charge in [-0.25, -0.2) is 4.98 Å². The summed E-state index contributed by atoms with van der Waals surface area (Å²) < 4.78 is 1.22. The molecule has 98 valence electrons. The molecule has 1 aromatic heterocycles. The van der Waals surface area contributed by atoms with Crippen LogP contribution in [0.1, 0.15) is 16.7 Å². The normalized spacial score (nSPS) is 14.1. The van der Waals surface area contributed by atoms with Crippen molar-refractivity contribution in [2.75, 3.05) is 4.90 Å². The second-order valence-electron chi connectivity index (χ2n) is 5.20. The van der Waals surface area contributed by atoms with E-state index < -0.39 is 0 Å². The number of thiazole rings is 1. The molecule has 0 spiro atoms. The molecule has 0 unspecified atom stereocenters. The zero-order chi connectivity index (χ0) is 13.7. The van der Waals surface area contributed by atoms with Gasteiger partial charge in [0.1, 0.15) is 0 Å². The number of nitrogens with zero attached hydrogens (tertiary/aromatic N) is 2. The van der Waals surface area contributed by atoms with Gasteiger partial charge in [0.15, 0.2) is 0 Å². The molecule has 0 amide bonds. The number of aryl methyl sites for hydroxylation is 1. The summed E-state index contributed by atoms with van der Waals surface area (Å²) in [5.41, 5.74) is 9.15. The molecule has 0 bridgehead atoms. The third kappa shape index (κ3) is 1.67. The summed E-state index contributed by atoms with van der Waals surface area (Å²) in [7, 11) is 0. The molecule has 0 N–H and O–H groups in total. The standard InChI is InChI=1S/C17H14N2S/c1-11-3-4-13-9-19(12(2)15(13)7-11)14-5-6-16-17(8-14)20-10-18-16/h3-8,10H,2,9H2,1H3. The first-order valence-electron chi connectivity index (χ1n) is 6.62. The quantitative estimate of drug-likeness (QED) is 0.647. The highest BCUT2D eigenvalue weighted by atomic mass is 32.1. The van der Waals surface area contributed by atoms with E-state index >= 15 is 0 Å². The minimum atomic E-state index is 0.902. The van der Waals surface area contributed by atoms with Crippen LogP contribution in [-0.2, 0) is 6.54 Å². The fraction of sp³-hybridized carbons (Fsp3) is 0.118. The average Bonchev–Trinajstić information content (AvgIpc) is 3.03. The fourth-order valence-corrected chi connectivity index (χ4v) is 3.48. The molecular weight excluding hydrogens is 264 g/mol. The van der Waals surface area contributed by atoms with Crippen molar-refractivity contribution < 1.29 is 0 Å². The van der Waals surface area contributed by atoms with Gasteiger partial charge in [-0.05, 0) is 36.8 Å². The van der Waals surface area contributed by atoms with Crippen LogP contribution in [0.5, 0.6) is 0 Å². The Balaban J connectivity index is 1.79. The summed E-state index contributed by atoms with van der Waals surface area (Å²) in [5, 5.41) is 0. The van der Waals surface area contributed by atoms with Gasteiger partial charge in [0.05, 0.1) is 15.7 Å². The van der Waals surface area contributed by atoms with Crippen molar-refractivity contribution in [2.45, 2.75) is 13.5 Å². The van der Waals surface area contributed by atoms with Gasteiger partial charge >= 0.3 is 0 Å². The highest BCUT2D eigenvalue weighted by Crippen LogP contribution is 2.37. The minimum absolute atomic E-state index is 0.902. The Labute approximate surface area is 122 Å². The molecule has 20 heavy (non-hydrogen) atoms. The van der Waals surface area contributed by atoms with Gasteiger partial charge in [-0.15, -0.1) is 11.3 Å². The first kappa shape index (κ1) is 11.7. The van der Waals surface area contributed by atoms with Crippen molar-refractivity contribution in [1.82, 2.24) is 4.98 Å². The van der Waals surface area contributed by atoms with Crippen LogP contribution < -0.4 is 4.90 Å². The fourth-order valence-electron chi connectivity index (χ4n) is 2.77. The van der Waals surface area contributed by atoms with Crippen LogP contribution in [0, 0.1) is 6.92 Å². The molecule has 3 aromatic rings. The van der Waals surface area contributed by atoms with Crippen molar-refractivity contribution in [2.24, 2.45) is 0 Å². The van der Waals surface area contributed by atoms with Crippen LogP contribution in [0.25, 0.3) is 15.9 Å². The molecule has 0 radical (unpaired) electrons. The second-order valence-corrected chi connectivity index (χ2v) is 6.08. The maximum atomic E-state index is 4.33. The van der Waals surface area contributed by atoms with Gasteiger partial charge in [0.25, 0.3) is 0 Å². The van der Waals surface area contributed by atoms with E-state index in [1.165, 1.54) is 27.1 Å². The Bertz CT molecular complexity index is 832. The van der Waals surface area contributed by atoms with E-state index in [0.29, 0.717) is 0 Å². The van der Waals surface area contributed by atoms with Crippen LogP contribution >= 0.6 is 11.3 Å². The van der Waals surface area contributed by atoms with Crippen molar-refractivity contribution in [1.29, 1.82) is 0 Å². The molecular formula is C17H14N2S. The van der Waals surface area contributed by atoms with E-state index in [4.69, 9.17) is 0 Å². The smallest absolute Gasteiger partial charge is 0.0813 e. The second kappa shape index (κ2) is 4.18. The van der Waals surface area contributed by atoms with Crippen molar-refractivity contribution in [3.8, 4) is 0 Å². The lowest BCUT2D eigenvalue weighted by atomic mass is 10.1. The SMILES string of the molecule is C=C1c2cc(C)ccc2CN1c1ccc2ncsc2c1. The van der Waals surface area contributed by atoms with E-state index in [9.17, 15) is 0 Å². The summed E-state index contributed by atoms with van der Waals surface area (Å²) >= 11 is 1.68. The Morgan fingerprint density at radius 2 is 2.10 bits per heavy atom. The van der Waals surface area contributed by atoms with Gasteiger partial charge in [-0.2, -0.15) is 0 Å². The van der Waals surface area contributed by atoms with E-state index in [1.54, 1.807) is 11.3 Å². The summed E-state index contributed by atoms with van der Waals surface area (Å²) in [4.78, 5) is 6.62. The third-order valence-corrected chi connectivity index (χ3v) is 4.65. The molecule has 0 saturated carbocycles. The predicted octanol–water partition coefficient (Wildman–Crippen LogP) is 4.60. The Hall–Kier alpha value is -2.13. The number of anilines is 1. The number of benzene rings is 2. The van der Waals surface area contributed by atoms with E-state index in [0.717, 1.165) is 17.8 Å². The molecule has 0 fully saturated rings. The van der Waals surface area contributed by atoms with Crippen LogP contribution in [0.3, 0.4) is 0 Å². The lowest BCUT2D eigenvalue weighted by Crippen LogP contribution is -2.12. The maximum Gasteiger partial charge on any atom is 0.0813 e. The number of rotatable bonds is 1. The van der Waals surface area contributed by atoms with Gasteiger partial charge in [-0.1, -0.05) is 24.3 Å².